The maximum atomic E-state index is 12.4. The molecule has 0 radical (unpaired) electrons. The zero-order chi connectivity index (χ0) is 14.2. The molecule has 1 aromatic carbocycles. The number of amides is 1. The molecule has 3 aliphatic heterocycles. The second-order valence-corrected chi connectivity index (χ2v) is 6.90. The lowest BCUT2D eigenvalue weighted by Crippen LogP contribution is -2.57. The van der Waals surface area contributed by atoms with Gasteiger partial charge in [-0.1, -0.05) is 18.2 Å². The number of hydrogen-bond acceptors (Lipinski definition) is 2. The number of nitrogens with zero attached hydrogens (tertiary/aromatic N) is 1. The highest BCUT2D eigenvalue weighted by atomic mass is 16.1. The zero-order valence-electron chi connectivity index (χ0n) is 12.6. The summed E-state index contributed by atoms with van der Waals surface area (Å²) in [7, 11) is 0. The summed E-state index contributed by atoms with van der Waals surface area (Å²) in [5.74, 6) is 0.925. The fourth-order valence-electron chi connectivity index (χ4n) is 4.42. The maximum absolute atomic E-state index is 12.4. The van der Waals surface area contributed by atoms with E-state index in [0.717, 1.165) is 13.0 Å². The number of carbonyl (C=O) groups is 1. The van der Waals surface area contributed by atoms with E-state index < -0.39 is 0 Å². The van der Waals surface area contributed by atoms with Gasteiger partial charge in [0.1, 0.15) is 0 Å². The Kier molecular flexibility index (Phi) is 3.46. The molecule has 1 amide bonds. The third-order valence-corrected chi connectivity index (χ3v) is 5.60. The van der Waals surface area contributed by atoms with Crippen LogP contribution in [0.25, 0.3) is 0 Å². The molecule has 3 fully saturated rings. The molecule has 1 atom stereocenters. The predicted octanol–water partition coefficient (Wildman–Crippen LogP) is 1.93. The van der Waals surface area contributed by atoms with E-state index in [1.54, 1.807) is 0 Å². The molecule has 1 aliphatic carbocycles. The lowest BCUT2D eigenvalue weighted by Gasteiger charge is -2.45. The van der Waals surface area contributed by atoms with E-state index >= 15 is 0 Å². The SMILES string of the molecule is O=C(Cc1cccc2c1CCC2)N[C@@H]1CN2CCC1CC2. The molecule has 0 saturated carbocycles. The van der Waals surface area contributed by atoms with Gasteiger partial charge in [0, 0.05) is 12.6 Å². The van der Waals surface area contributed by atoms with Gasteiger partial charge in [0.25, 0.3) is 0 Å². The fraction of sp³-hybridized carbons (Fsp3) is 0.611. The molecule has 3 heterocycles. The number of nitrogens with one attached hydrogen (secondary N) is 1. The molecule has 21 heavy (non-hydrogen) atoms. The average Bonchev–Trinajstić information content (AvgIpc) is 2.98. The molecule has 0 aromatic heterocycles. The Morgan fingerprint density at radius 1 is 1.24 bits per heavy atom. The summed E-state index contributed by atoms with van der Waals surface area (Å²) >= 11 is 0. The lowest BCUT2D eigenvalue weighted by atomic mass is 9.84. The minimum absolute atomic E-state index is 0.217. The summed E-state index contributed by atoms with van der Waals surface area (Å²) in [4.78, 5) is 14.9. The number of rotatable bonds is 3. The normalized spacial score (nSPS) is 30.2. The van der Waals surface area contributed by atoms with Crippen molar-refractivity contribution < 1.29 is 4.79 Å². The van der Waals surface area contributed by atoms with Gasteiger partial charge in [0.2, 0.25) is 5.91 Å². The van der Waals surface area contributed by atoms with Gasteiger partial charge < -0.3 is 10.2 Å². The smallest absolute Gasteiger partial charge is 0.224 e. The minimum Gasteiger partial charge on any atom is -0.352 e. The van der Waals surface area contributed by atoms with Crippen molar-refractivity contribution in [1.82, 2.24) is 10.2 Å². The number of benzene rings is 1. The highest BCUT2D eigenvalue weighted by Crippen LogP contribution is 2.28. The van der Waals surface area contributed by atoms with Crippen molar-refractivity contribution in [2.45, 2.75) is 44.6 Å². The monoisotopic (exact) mass is 284 g/mol. The molecule has 2 bridgehead atoms. The van der Waals surface area contributed by atoms with Crippen molar-refractivity contribution >= 4 is 5.91 Å². The Labute approximate surface area is 126 Å². The van der Waals surface area contributed by atoms with E-state index in [1.807, 2.05) is 0 Å². The van der Waals surface area contributed by atoms with E-state index in [0.29, 0.717) is 18.4 Å². The highest BCUT2D eigenvalue weighted by molar-refractivity contribution is 5.79. The molecule has 0 spiro atoms. The average molecular weight is 284 g/mol. The maximum Gasteiger partial charge on any atom is 0.224 e. The molecule has 4 aliphatic rings. The van der Waals surface area contributed by atoms with Crippen LogP contribution in [-0.2, 0) is 24.1 Å². The van der Waals surface area contributed by atoms with Crippen LogP contribution in [0.2, 0.25) is 0 Å². The molecule has 5 rings (SSSR count). The largest absolute Gasteiger partial charge is 0.352 e. The van der Waals surface area contributed by atoms with E-state index in [1.165, 1.54) is 55.5 Å². The van der Waals surface area contributed by atoms with Crippen LogP contribution in [0.3, 0.4) is 0 Å². The first kappa shape index (κ1) is 13.3. The highest BCUT2D eigenvalue weighted by Gasteiger charge is 2.34. The Balaban J connectivity index is 1.41. The summed E-state index contributed by atoms with van der Waals surface area (Å²) in [6, 6.07) is 6.86. The first-order valence-corrected chi connectivity index (χ1v) is 8.41. The second kappa shape index (κ2) is 5.45. The van der Waals surface area contributed by atoms with Crippen LogP contribution in [0.5, 0.6) is 0 Å². The quantitative estimate of drug-likeness (QED) is 0.920. The zero-order valence-corrected chi connectivity index (χ0v) is 12.6. The fourth-order valence-corrected chi connectivity index (χ4v) is 4.42. The van der Waals surface area contributed by atoms with Crippen molar-refractivity contribution in [2.24, 2.45) is 5.92 Å². The first-order valence-electron chi connectivity index (χ1n) is 8.41. The van der Waals surface area contributed by atoms with Crippen molar-refractivity contribution in [3.8, 4) is 0 Å². The van der Waals surface area contributed by atoms with E-state index in [9.17, 15) is 4.79 Å². The van der Waals surface area contributed by atoms with Gasteiger partial charge in [0.15, 0.2) is 0 Å². The first-order chi connectivity index (χ1) is 10.3. The van der Waals surface area contributed by atoms with Crippen LogP contribution < -0.4 is 5.32 Å². The molecule has 3 saturated heterocycles. The third kappa shape index (κ3) is 2.59. The summed E-state index contributed by atoms with van der Waals surface area (Å²) < 4.78 is 0. The Morgan fingerprint density at radius 2 is 2.10 bits per heavy atom. The van der Waals surface area contributed by atoms with Crippen molar-refractivity contribution in [1.29, 1.82) is 0 Å². The van der Waals surface area contributed by atoms with Gasteiger partial charge in [0.05, 0.1) is 6.42 Å². The van der Waals surface area contributed by atoms with Crippen LogP contribution in [0.15, 0.2) is 18.2 Å². The van der Waals surface area contributed by atoms with Gasteiger partial charge in [-0.3, -0.25) is 4.79 Å². The topological polar surface area (TPSA) is 32.3 Å². The molecule has 3 heteroatoms. The van der Waals surface area contributed by atoms with Gasteiger partial charge in [-0.15, -0.1) is 0 Å². The Morgan fingerprint density at radius 3 is 2.86 bits per heavy atom. The second-order valence-electron chi connectivity index (χ2n) is 6.90. The van der Waals surface area contributed by atoms with E-state index in [4.69, 9.17) is 0 Å². The van der Waals surface area contributed by atoms with Crippen molar-refractivity contribution in [3.05, 3.63) is 34.9 Å². The number of hydrogen-bond donors (Lipinski definition) is 1. The van der Waals surface area contributed by atoms with Gasteiger partial charge in [-0.2, -0.15) is 0 Å². The minimum atomic E-state index is 0.217. The molecule has 3 nitrogen and oxygen atoms in total. The van der Waals surface area contributed by atoms with Crippen molar-refractivity contribution in [2.75, 3.05) is 19.6 Å². The summed E-state index contributed by atoms with van der Waals surface area (Å²) in [5.41, 5.74) is 4.16. The number of aryl methyl sites for hydroxylation is 1. The Bertz CT molecular complexity index is 546. The predicted molar refractivity (Wildman–Crippen MR) is 83.3 cm³/mol. The van der Waals surface area contributed by atoms with Crippen LogP contribution in [-0.4, -0.2) is 36.5 Å². The number of carbonyl (C=O) groups excluding carboxylic acids is 1. The van der Waals surface area contributed by atoms with E-state index in [-0.39, 0.29) is 5.91 Å². The van der Waals surface area contributed by atoms with Crippen molar-refractivity contribution in [3.63, 3.8) is 0 Å². The summed E-state index contributed by atoms with van der Waals surface area (Å²) in [6.45, 7) is 3.51. The molecule has 1 N–H and O–H groups in total. The molecule has 1 aromatic rings. The number of fused-ring (bicyclic) bond motifs is 4. The number of piperidine rings is 3. The standard InChI is InChI=1S/C18H24N2O/c21-18(19-17-12-20-9-7-14(17)8-10-20)11-15-5-1-3-13-4-2-6-16(13)15/h1,3,5,14,17H,2,4,6-12H2,(H,19,21)/t17-/m1/s1. The van der Waals surface area contributed by atoms with E-state index in [2.05, 4.69) is 28.4 Å². The van der Waals surface area contributed by atoms with Crippen LogP contribution >= 0.6 is 0 Å². The van der Waals surface area contributed by atoms with Gasteiger partial charge in [-0.25, -0.2) is 0 Å². The lowest BCUT2D eigenvalue weighted by molar-refractivity contribution is -0.122. The van der Waals surface area contributed by atoms with Gasteiger partial charge in [-0.05, 0) is 67.8 Å². The molecular weight excluding hydrogens is 260 g/mol. The summed E-state index contributed by atoms with van der Waals surface area (Å²) in [5, 5.41) is 3.31. The molecule has 112 valence electrons. The van der Waals surface area contributed by atoms with Gasteiger partial charge >= 0.3 is 0 Å². The summed E-state index contributed by atoms with van der Waals surface area (Å²) in [6.07, 6.45) is 6.65. The van der Waals surface area contributed by atoms with Crippen LogP contribution in [0, 0.1) is 5.92 Å². The molecule has 0 unspecified atom stereocenters. The molecular formula is C18H24N2O. The Hall–Kier alpha value is -1.35. The van der Waals surface area contributed by atoms with Crippen LogP contribution in [0.1, 0.15) is 36.0 Å². The third-order valence-electron chi connectivity index (χ3n) is 5.60. The van der Waals surface area contributed by atoms with Crippen LogP contribution in [0.4, 0.5) is 0 Å².